The van der Waals surface area contributed by atoms with E-state index < -0.39 is 0 Å². The van der Waals surface area contributed by atoms with Gasteiger partial charge in [-0.2, -0.15) is 5.10 Å². The number of morpholine rings is 1. The van der Waals surface area contributed by atoms with E-state index in [0.29, 0.717) is 24.4 Å². The second-order valence-corrected chi connectivity index (χ2v) is 9.80. The zero-order valence-corrected chi connectivity index (χ0v) is 23.2. The molecule has 41 heavy (non-hydrogen) atoms. The fraction of sp³-hybridized carbons (Fsp3) is 0.250. The molecule has 1 saturated heterocycles. The molecule has 5 aromatic rings. The van der Waals surface area contributed by atoms with Crippen LogP contribution in [-0.4, -0.2) is 69.6 Å². The van der Waals surface area contributed by atoms with Crippen LogP contribution in [0.2, 0.25) is 0 Å². The Balaban J connectivity index is 1.40. The summed E-state index contributed by atoms with van der Waals surface area (Å²) in [4.78, 5) is 16.6. The van der Waals surface area contributed by atoms with Crippen molar-refractivity contribution in [2.24, 2.45) is 7.05 Å². The minimum Gasteiger partial charge on any atom is -0.497 e. The van der Waals surface area contributed by atoms with Gasteiger partial charge in [0, 0.05) is 44.0 Å². The average Bonchev–Trinajstić information content (AvgIpc) is 3.42. The zero-order valence-electron chi connectivity index (χ0n) is 23.2. The fourth-order valence-electron chi connectivity index (χ4n) is 4.82. The summed E-state index contributed by atoms with van der Waals surface area (Å²) in [6.07, 6.45) is 3.56. The first-order valence-corrected chi connectivity index (χ1v) is 13.6. The highest BCUT2D eigenvalue weighted by Crippen LogP contribution is 2.33. The summed E-state index contributed by atoms with van der Waals surface area (Å²) in [5.74, 6) is 8.19. The maximum atomic E-state index is 5.47. The number of benzene rings is 2. The lowest BCUT2D eigenvalue weighted by molar-refractivity contribution is 0.0443. The molecule has 1 N–H and O–H groups in total. The average molecular weight is 546 g/mol. The lowest BCUT2D eigenvalue weighted by atomic mass is 10.0. The van der Waals surface area contributed by atoms with Crippen molar-refractivity contribution < 1.29 is 9.47 Å². The van der Waals surface area contributed by atoms with E-state index in [1.54, 1.807) is 18.1 Å². The molecule has 0 saturated carbocycles. The zero-order chi connectivity index (χ0) is 28.0. The van der Waals surface area contributed by atoms with Crippen molar-refractivity contribution in [3.63, 3.8) is 0 Å². The summed E-state index contributed by atoms with van der Waals surface area (Å²) in [6.45, 7) is 4.51. The maximum Gasteiger partial charge on any atom is 0.143 e. The van der Waals surface area contributed by atoms with Crippen LogP contribution in [0, 0.1) is 11.8 Å². The van der Waals surface area contributed by atoms with Crippen molar-refractivity contribution in [3.8, 4) is 40.1 Å². The molecule has 2 aromatic carbocycles. The third-order valence-electron chi connectivity index (χ3n) is 6.99. The van der Waals surface area contributed by atoms with Gasteiger partial charge < -0.3 is 14.8 Å². The first kappa shape index (κ1) is 26.4. The first-order valence-electron chi connectivity index (χ1n) is 13.6. The summed E-state index contributed by atoms with van der Waals surface area (Å²) >= 11 is 0. The molecule has 1 fully saturated rings. The van der Waals surface area contributed by atoms with Gasteiger partial charge in [0.15, 0.2) is 0 Å². The molecule has 0 atom stereocenters. The Labute approximate surface area is 239 Å². The van der Waals surface area contributed by atoms with Crippen molar-refractivity contribution in [2.45, 2.75) is 6.54 Å². The fourth-order valence-corrected chi connectivity index (χ4v) is 4.82. The van der Waals surface area contributed by atoms with Gasteiger partial charge in [-0.3, -0.25) is 9.58 Å². The second-order valence-electron chi connectivity index (χ2n) is 9.80. The molecular formula is C32H31N7O2. The Morgan fingerprint density at radius 2 is 1.80 bits per heavy atom. The van der Waals surface area contributed by atoms with Crippen LogP contribution in [0.5, 0.6) is 5.75 Å². The van der Waals surface area contributed by atoms with Gasteiger partial charge in [-0.1, -0.05) is 54.3 Å². The monoisotopic (exact) mass is 545 g/mol. The molecule has 0 radical (unpaired) electrons. The van der Waals surface area contributed by atoms with Crippen LogP contribution in [-0.2, 0) is 18.3 Å². The van der Waals surface area contributed by atoms with Crippen LogP contribution in [0.25, 0.3) is 33.5 Å². The number of ether oxygens (including phenoxy) is 2. The highest BCUT2D eigenvalue weighted by atomic mass is 16.5. The lowest BCUT2D eigenvalue weighted by Crippen LogP contribution is -2.36. The molecular weight excluding hydrogens is 514 g/mol. The molecule has 9 nitrogen and oxygen atoms in total. The summed E-state index contributed by atoms with van der Waals surface area (Å²) in [5, 5.41) is 8.26. The number of aryl methyl sites for hydroxylation is 1. The van der Waals surface area contributed by atoms with E-state index in [0.717, 1.165) is 71.2 Å². The number of rotatable bonds is 7. The van der Waals surface area contributed by atoms with E-state index in [9.17, 15) is 0 Å². The predicted molar refractivity (Wildman–Crippen MR) is 159 cm³/mol. The van der Waals surface area contributed by atoms with Crippen LogP contribution < -0.4 is 10.1 Å². The van der Waals surface area contributed by atoms with E-state index in [1.165, 1.54) is 0 Å². The molecule has 4 heterocycles. The summed E-state index contributed by atoms with van der Waals surface area (Å²) in [5.41, 5.74) is 6.78. The smallest absolute Gasteiger partial charge is 0.143 e. The van der Waals surface area contributed by atoms with E-state index >= 15 is 0 Å². The Bertz CT molecular complexity index is 1700. The van der Waals surface area contributed by atoms with Crippen LogP contribution in [0.1, 0.15) is 11.1 Å². The lowest BCUT2D eigenvalue weighted by Gasteiger charge is -2.24. The minimum atomic E-state index is 0.575. The highest BCUT2D eigenvalue weighted by molar-refractivity contribution is 5.94. The Morgan fingerprint density at radius 3 is 2.59 bits per heavy atom. The maximum absolute atomic E-state index is 5.47. The third kappa shape index (κ3) is 6.04. The largest absolute Gasteiger partial charge is 0.497 e. The van der Waals surface area contributed by atoms with Crippen LogP contribution >= 0.6 is 0 Å². The topological polar surface area (TPSA) is 90.2 Å². The quantitative estimate of drug-likeness (QED) is 0.301. The van der Waals surface area contributed by atoms with Crippen molar-refractivity contribution in [1.29, 1.82) is 0 Å². The molecule has 206 valence electrons. The van der Waals surface area contributed by atoms with E-state index in [2.05, 4.69) is 32.0 Å². The number of anilines is 1. The number of nitrogens with zero attached hydrogens (tertiary/aromatic N) is 6. The molecule has 0 spiro atoms. The standard InChI is InChI=1S/C32H31N7O2/c1-38-21-27(29(37-38)24-7-4-3-5-8-24)30-31-28(34-22-35-30)19-25(9-6-14-39-15-17-41-18-16-39)32(36-31)33-20-23-10-12-26(40-2)13-11-23/h3-5,7-8,10-13,19,21-22H,14-18,20H2,1-2H3,(H,33,36). The number of fused-ring (bicyclic) bond motifs is 1. The summed E-state index contributed by atoms with van der Waals surface area (Å²) in [7, 11) is 3.58. The first-order chi connectivity index (χ1) is 20.2. The number of hydrogen-bond acceptors (Lipinski definition) is 8. The third-order valence-corrected chi connectivity index (χ3v) is 6.99. The van der Waals surface area contributed by atoms with Gasteiger partial charge in [0.05, 0.1) is 37.9 Å². The van der Waals surface area contributed by atoms with Gasteiger partial charge in [-0.25, -0.2) is 15.0 Å². The van der Waals surface area contributed by atoms with Crippen molar-refractivity contribution in [2.75, 3.05) is 45.3 Å². The van der Waals surface area contributed by atoms with Crippen LogP contribution in [0.4, 0.5) is 5.82 Å². The number of pyridine rings is 1. The number of aromatic nitrogens is 5. The van der Waals surface area contributed by atoms with Crippen LogP contribution in [0.15, 0.2) is 73.2 Å². The SMILES string of the molecule is COc1ccc(CNc2nc3c(-c4cn(C)nc4-c4ccccc4)ncnc3cc2C#CCN2CCOCC2)cc1. The minimum absolute atomic E-state index is 0.575. The summed E-state index contributed by atoms with van der Waals surface area (Å²) in [6, 6.07) is 20.1. The molecule has 9 heteroatoms. The normalized spacial score (nSPS) is 13.5. The van der Waals surface area contributed by atoms with Gasteiger partial charge in [0.1, 0.15) is 34.8 Å². The van der Waals surface area contributed by atoms with Gasteiger partial charge in [-0.05, 0) is 23.8 Å². The molecule has 3 aromatic heterocycles. The van der Waals surface area contributed by atoms with Gasteiger partial charge in [0.2, 0.25) is 0 Å². The summed E-state index contributed by atoms with van der Waals surface area (Å²) < 4.78 is 12.6. The predicted octanol–water partition coefficient (Wildman–Crippen LogP) is 4.40. The highest BCUT2D eigenvalue weighted by Gasteiger charge is 2.19. The molecule has 0 bridgehead atoms. The Hall–Kier alpha value is -4.78. The molecule has 0 amide bonds. The molecule has 1 aliphatic heterocycles. The second kappa shape index (κ2) is 12.2. The van der Waals surface area contributed by atoms with Gasteiger partial charge in [-0.15, -0.1) is 0 Å². The molecule has 0 aliphatic carbocycles. The Morgan fingerprint density at radius 1 is 1.00 bits per heavy atom. The molecule has 1 aliphatic rings. The van der Waals surface area contributed by atoms with Gasteiger partial charge >= 0.3 is 0 Å². The van der Waals surface area contributed by atoms with Gasteiger partial charge in [0.25, 0.3) is 0 Å². The number of methoxy groups -OCH3 is 1. The van der Waals surface area contributed by atoms with Crippen molar-refractivity contribution in [1.82, 2.24) is 29.6 Å². The number of nitrogens with one attached hydrogen (secondary N) is 1. The van der Waals surface area contributed by atoms with E-state index in [4.69, 9.17) is 19.6 Å². The Kier molecular flexibility index (Phi) is 7.85. The van der Waals surface area contributed by atoms with E-state index in [-0.39, 0.29) is 0 Å². The van der Waals surface area contributed by atoms with Crippen molar-refractivity contribution >= 4 is 16.9 Å². The molecule has 6 rings (SSSR count). The van der Waals surface area contributed by atoms with Crippen LogP contribution in [0.3, 0.4) is 0 Å². The van der Waals surface area contributed by atoms with E-state index in [1.807, 2.05) is 73.9 Å². The van der Waals surface area contributed by atoms with Crippen molar-refractivity contribution in [3.05, 3.63) is 84.3 Å². The molecule has 0 unspecified atom stereocenters. The number of hydrogen-bond donors (Lipinski definition) is 1.